The van der Waals surface area contributed by atoms with Gasteiger partial charge in [0.25, 0.3) is 0 Å². The molecular formula is C13H17BrN4O. The lowest BCUT2D eigenvalue weighted by molar-refractivity contribution is 0.413. The molecule has 0 fully saturated rings. The molecule has 0 radical (unpaired) electrons. The van der Waals surface area contributed by atoms with Crippen molar-refractivity contribution < 1.29 is 4.74 Å². The molecule has 1 heterocycles. The number of aromatic nitrogens is 3. The van der Waals surface area contributed by atoms with E-state index in [4.69, 9.17) is 4.74 Å². The Morgan fingerprint density at radius 1 is 1.47 bits per heavy atom. The first kappa shape index (κ1) is 14.0. The molecule has 0 bridgehead atoms. The molecule has 19 heavy (non-hydrogen) atoms. The van der Waals surface area contributed by atoms with Gasteiger partial charge in [0.15, 0.2) is 0 Å². The summed E-state index contributed by atoms with van der Waals surface area (Å²) in [7, 11) is 1.67. The third kappa shape index (κ3) is 3.54. The van der Waals surface area contributed by atoms with Crippen molar-refractivity contribution in [1.82, 2.24) is 20.7 Å². The maximum atomic E-state index is 5.27. The Hall–Kier alpha value is -1.40. The molecule has 1 unspecified atom stereocenters. The average molecular weight is 325 g/mol. The number of aromatic amines is 1. The number of likely N-dealkylation sites (N-methyl/N-ethyl adjacent to an activating group) is 1. The van der Waals surface area contributed by atoms with Crippen LogP contribution in [0.5, 0.6) is 5.75 Å². The minimum Gasteiger partial charge on any atom is -0.497 e. The molecule has 5 nitrogen and oxygen atoms in total. The number of nitrogens with zero attached hydrogens (tertiary/aromatic N) is 2. The number of nitrogens with one attached hydrogen (secondary N) is 2. The van der Waals surface area contributed by atoms with Crippen LogP contribution < -0.4 is 10.1 Å². The number of hydrogen-bond acceptors (Lipinski definition) is 4. The Morgan fingerprint density at radius 3 is 2.95 bits per heavy atom. The van der Waals surface area contributed by atoms with Gasteiger partial charge in [-0.05, 0) is 36.7 Å². The van der Waals surface area contributed by atoms with Crippen LogP contribution in [0.25, 0.3) is 0 Å². The maximum Gasteiger partial charge on any atom is 0.119 e. The lowest BCUT2D eigenvalue weighted by atomic mass is 10.0. The van der Waals surface area contributed by atoms with E-state index < -0.39 is 0 Å². The van der Waals surface area contributed by atoms with Crippen molar-refractivity contribution in [2.24, 2.45) is 0 Å². The highest BCUT2D eigenvalue weighted by molar-refractivity contribution is 9.10. The van der Waals surface area contributed by atoms with Crippen molar-refractivity contribution in [3.05, 3.63) is 40.1 Å². The highest BCUT2D eigenvalue weighted by Gasteiger charge is 2.15. The third-order valence-corrected chi connectivity index (χ3v) is 3.69. The van der Waals surface area contributed by atoms with Crippen LogP contribution in [0.15, 0.2) is 28.9 Å². The fourth-order valence-corrected chi connectivity index (χ4v) is 2.37. The normalized spacial score (nSPS) is 12.4. The number of H-pyrrole nitrogens is 1. The Morgan fingerprint density at radius 2 is 2.32 bits per heavy atom. The molecule has 1 atom stereocenters. The van der Waals surface area contributed by atoms with E-state index in [2.05, 4.69) is 43.6 Å². The average Bonchev–Trinajstić information content (AvgIpc) is 2.94. The molecule has 0 saturated heterocycles. The molecule has 0 aliphatic rings. The van der Waals surface area contributed by atoms with Crippen molar-refractivity contribution in [3.8, 4) is 5.75 Å². The first-order valence-corrected chi connectivity index (χ1v) is 6.95. The van der Waals surface area contributed by atoms with E-state index in [9.17, 15) is 0 Å². The zero-order chi connectivity index (χ0) is 13.7. The topological polar surface area (TPSA) is 62.8 Å². The number of methoxy groups -OCH3 is 1. The summed E-state index contributed by atoms with van der Waals surface area (Å²) < 4.78 is 6.34. The zero-order valence-electron chi connectivity index (χ0n) is 11.0. The summed E-state index contributed by atoms with van der Waals surface area (Å²) >= 11 is 3.58. The second-order valence-corrected chi connectivity index (χ2v) is 5.02. The van der Waals surface area contributed by atoms with Gasteiger partial charge in [-0.15, -0.1) is 0 Å². The molecule has 6 heteroatoms. The smallest absolute Gasteiger partial charge is 0.119 e. The standard InChI is InChI=1S/C13H17BrN4O/c1-3-15-12(13-8-16-18-17-13)7-9-6-10(19-2)4-5-11(9)14/h4-6,8,12,15H,3,7H2,1-2H3,(H,16,17,18). The van der Waals surface area contributed by atoms with Gasteiger partial charge in [-0.25, -0.2) is 0 Å². The minimum absolute atomic E-state index is 0.132. The second-order valence-electron chi connectivity index (χ2n) is 4.17. The summed E-state index contributed by atoms with van der Waals surface area (Å²) in [6.45, 7) is 2.95. The number of rotatable bonds is 6. The van der Waals surface area contributed by atoms with Gasteiger partial charge < -0.3 is 10.1 Å². The molecule has 2 N–H and O–H groups in total. The van der Waals surface area contributed by atoms with E-state index in [-0.39, 0.29) is 6.04 Å². The summed E-state index contributed by atoms with van der Waals surface area (Å²) in [6.07, 6.45) is 2.57. The van der Waals surface area contributed by atoms with Crippen LogP contribution in [0.4, 0.5) is 0 Å². The lowest BCUT2D eigenvalue weighted by Gasteiger charge is -2.16. The SMILES string of the molecule is CCNC(Cc1cc(OC)ccc1Br)c1cn[nH]n1. The van der Waals surface area contributed by atoms with Crippen molar-refractivity contribution in [1.29, 1.82) is 0 Å². The van der Waals surface area contributed by atoms with Gasteiger partial charge in [0.05, 0.1) is 25.0 Å². The predicted octanol–water partition coefficient (Wildman–Crippen LogP) is 2.47. The van der Waals surface area contributed by atoms with Crippen LogP contribution in [0.1, 0.15) is 24.2 Å². The number of hydrogen-bond donors (Lipinski definition) is 2. The van der Waals surface area contributed by atoms with Gasteiger partial charge >= 0.3 is 0 Å². The number of benzene rings is 1. The van der Waals surface area contributed by atoms with Crippen LogP contribution in [0.2, 0.25) is 0 Å². The number of halogens is 1. The second kappa shape index (κ2) is 6.68. The van der Waals surface area contributed by atoms with E-state index >= 15 is 0 Å². The van der Waals surface area contributed by atoms with Crippen molar-refractivity contribution in [2.75, 3.05) is 13.7 Å². The maximum absolute atomic E-state index is 5.27. The van der Waals surface area contributed by atoms with Gasteiger partial charge in [-0.1, -0.05) is 22.9 Å². The minimum atomic E-state index is 0.132. The van der Waals surface area contributed by atoms with E-state index in [1.54, 1.807) is 13.3 Å². The highest BCUT2D eigenvalue weighted by Crippen LogP contribution is 2.26. The van der Waals surface area contributed by atoms with Gasteiger partial charge in [0.1, 0.15) is 5.75 Å². The van der Waals surface area contributed by atoms with Gasteiger partial charge in [-0.2, -0.15) is 15.4 Å². The molecule has 1 aromatic carbocycles. The quantitative estimate of drug-likeness (QED) is 0.856. The number of ether oxygens (including phenoxy) is 1. The Bertz CT molecular complexity index is 515. The Kier molecular flexibility index (Phi) is 4.93. The molecule has 0 aliphatic heterocycles. The molecule has 1 aromatic heterocycles. The highest BCUT2D eigenvalue weighted by atomic mass is 79.9. The van der Waals surface area contributed by atoms with Crippen LogP contribution in [-0.4, -0.2) is 29.1 Å². The first-order valence-electron chi connectivity index (χ1n) is 6.16. The molecule has 0 amide bonds. The fraction of sp³-hybridized carbons (Fsp3) is 0.385. The predicted molar refractivity (Wildman–Crippen MR) is 77.2 cm³/mol. The molecule has 102 valence electrons. The monoisotopic (exact) mass is 324 g/mol. The molecule has 0 spiro atoms. The van der Waals surface area contributed by atoms with Crippen molar-refractivity contribution in [2.45, 2.75) is 19.4 Å². The van der Waals surface area contributed by atoms with Crippen molar-refractivity contribution >= 4 is 15.9 Å². The summed E-state index contributed by atoms with van der Waals surface area (Å²) in [6, 6.07) is 6.10. The van der Waals surface area contributed by atoms with Crippen molar-refractivity contribution in [3.63, 3.8) is 0 Å². The van der Waals surface area contributed by atoms with E-state index in [0.717, 1.165) is 28.9 Å². The van der Waals surface area contributed by atoms with E-state index in [0.29, 0.717) is 0 Å². The van der Waals surface area contributed by atoms with Crippen LogP contribution >= 0.6 is 15.9 Å². The molecule has 2 aromatic rings. The van der Waals surface area contributed by atoms with Crippen LogP contribution in [0, 0.1) is 0 Å². The summed E-state index contributed by atoms with van der Waals surface area (Å²) in [5.41, 5.74) is 2.09. The summed E-state index contributed by atoms with van der Waals surface area (Å²) in [5.74, 6) is 0.855. The zero-order valence-corrected chi connectivity index (χ0v) is 12.6. The molecule has 0 aliphatic carbocycles. The van der Waals surface area contributed by atoms with Crippen LogP contribution in [-0.2, 0) is 6.42 Å². The lowest BCUT2D eigenvalue weighted by Crippen LogP contribution is -2.23. The largest absolute Gasteiger partial charge is 0.497 e. The van der Waals surface area contributed by atoms with E-state index in [1.165, 1.54) is 5.56 Å². The fourth-order valence-electron chi connectivity index (χ4n) is 1.96. The van der Waals surface area contributed by atoms with E-state index in [1.807, 2.05) is 18.2 Å². The van der Waals surface area contributed by atoms with Gasteiger partial charge in [0.2, 0.25) is 0 Å². The summed E-state index contributed by atoms with van der Waals surface area (Å²) in [4.78, 5) is 0. The Balaban J connectivity index is 2.21. The molecule has 0 saturated carbocycles. The Labute approximate surface area is 120 Å². The third-order valence-electron chi connectivity index (χ3n) is 2.92. The molecular weight excluding hydrogens is 308 g/mol. The molecule has 2 rings (SSSR count). The first-order chi connectivity index (χ1) is 9.24. The van der Waals surface area contributed by atoms with Crippen LogP contribution in [0.3, 0.4) is 0 Å². The van der Waals surface area contributed by atoms with Gasteiger partial charge in [-0.3, -0.25) is 0 Å². The summed E-state index contributed by atoms with van der Waals surface area (Å²) in [5, 5.41) is 14.1. The van der Waals surface area contributed by atoms with Gasteiger partial charge in [0, 0.05) is 4.47 Å².